The average molecular weight is 269 g/mol. The van der Waals surface area contributed by atoms with Crippen LogP contribution in [0.15, 0.2) is 29.8 Å². The molecule has 0 fully saturated rings. The molecule has 0 saturated heterocycles. The predicted molar refractivity (Wildman–Crippen MR) is 78.4 cm³/mol. The molecule has 1 aliphatic rings. The summed E-state index contributed by atoms with van der Waals surface area (Å²) in [5.41, 5.74) is 12.2. The molecule has 1 aliphatic carbocycles. The first-order valence-electron chi connectivity index (χ1n) is 6.63. The van der Waals surface area contributed by atoms with Gasteiger partial charge in [-0.15, -0.1) is 11.3 Å². The number of benzene rings is 1. The summed E-state index contributed by atoms with van der Waals surface area (Å²) in [6.45, 7) is 0.498. The third kappa shape index (κ3) is 1.71. The Bertz CT molecular complexity index is 754. The Labute approximate surface area is 115 Å². The number of nitrogens with zero attached hydrogens (tertiary/aromatic N) is 2. The smallest absolute Gasteiger partial charge is 0.194 e. The van der Waals surface area contributed by atoms with E-state index >= 15 is 0 Å². The number of imidazole rings is 1. The lowest BCUT2D eigenvalue weighted by atomic mass is 10.0. The van der Waals surface area contributed by atoms with Gasteiger partial charge in [0.25, 0.3) is 0 Å². The number of thiazole rings is 1. The molecule has 3 aromatic rings. The van der Waals surface area contributed by atoms with E-state index in [1.165, 1.54) is 41.6 Å². The van der Waals surface area contributed by atoms with Crippen molar-refractivity contribution in [1.82, 2.24) is 9.38 Å². The number of hydrogen-bond donors (Lipinski definition) is 1. The minimum absolute atomic E-state index is 0.498. The van der Waals surface area contributed by atoms with Crippen LogP contribution in [-0.2, 0) is 19.4 Å². The van der Waals surface area contributed by atoms with Gasteiger partial charge < -0.3 is 5.73 Å². The standard InChI is InChI=1S/C15H15N3S/c16-7-13-8-18-14(9-19-15(18)17-13)12-5-4-10-2-1-3-11(10)6-12/h4-6,8-9H,1-3,7,16H2. The minimum atomic E-state index is 0.498. The van der Waals surface area contributed by atoms with Crippen molar-refractivity contribution in [2.24, 2.45) is 5.73 Å². The summed E-state index contributed by atoms with van der Waals surface area (Å²) in [6.07, 6.45) is 5.79. The fourth-order valence-electron chi connectivity index (χ4n) is 2.87. The summed E-state index contributed by atoms with van der Waals surface area (Å²) in [6, 6.07) is 6.85. The highest BCUT2D eigenvalue weighted by molar-refractivity contribution is 7.15. The van der Waals surface area contributed by atoms with Crippen molar-refractivity contribution in [3.05, 3.63) is 46.6 Å². The molecule has 1 aromatic carbocycles. The van der Waals surface area contributed by atoms with E-state index in [2.05, 4.69) is 33.0 Å². The van der Waals surface area contributed by atoms with Crippen LogP contribution >= 0.6 is 11.3 Å². The van der Waals surface area contributed by atoms with Crippen LogP contribution in [0.3, 0.4) is 0 Å². The van der Waals surface area contributed by atoms with Gasteiger partial charge in [-0.05, 0) is 42.0 Å². The maximum Gasteiger partial charge on any atom is 0.194 e. The molecule has 0 atom stereocenters. The van der Waals surface area contributed by atoms with Crippen molar-refractivity contribution >= 4 is 16.3 Å². The van der Waals surface area contributed by atoms with Crippen molar-refractivity contribution in [1.29, 1.82) is 0 Å². The van der Waals surface area contributed by atoms with Crippen molar-refractivity contribution in [2.45, 2.75) is 25.8 Å². The van der Waals surface area contributed by atoms with Gasteiger partial charge in [0, 0.05) is 18.1 Å². The molecule has 19 heavy (non-hydrogen) atoms. The van der Waals surface area contributed by atoms with E-state index in [0.717, 1.165) is 10.7 Å². The lowest BCUT2D eigenvalue weighted by Gasteiger charge is -2.04. The lowest BCUT2D eigenvalue weighted by molar-refractivity contribution is 0.912. The van der Waals surface area contributed by atoms with Gasteiger partial charge in [-0.2, -0.15) is 0 Å². The van der Waals surface area contributed by atoms with Crippen molar-refractivity contribution in [3.63, 3.8) is 0 Å². The zero-order chi connectivity index (χ0) is 12.8. The fourth-order valence-corrected chi connectivity index (χ4v) is 3.77. The minimum Gasteiger partial charge on any atom is -0.325 e. The average Bonchev–Trinajstić information content (AvgIpc) is 3.12. The first kappa shape index (κ1) is 11.2. The highest BCUT2D eigenvalue weighted by Gasteiger charge is 2.14. The molecular formula is C15H15N3S. The quantitative estimate of drug-likeness (QED) is 0.777. The zero-order valence-electron chi connectivity index (χ0n) is 10.6. The molecule has 96 valence electrons. The third-order valence-corrected chi connectivity index (χ3v) is 4.70. The van der Waals surface area contributed by atoms with E-state index in [1.54, 1.807) is 11.3 Å². The molecule has 0 unspecified atom stereocenters. The topological polar surface area (TPSA) is 43.3 Å². The van der Waals surface area contributed by atoms with Crippen LogP contribution in [0.5, 0.6) is 0 Å². The lowest BCUT2D eigenvalue weighted by Crippen LogP contribution is -1.95. The molecule has 4 heteroatoms. The highest BCUT2D eigenvalue weighted by atomic mass is 32.1. The first-order valence-corrected chi connectivity index (χ1v) is 7.51. The molecule has 2 heterocycles. The number of aromatic nitrogens is 2. The van der Waals surface area contributed by atoms with E-state index in [4.69, 9.17) is 5.73 Å². The Hall–Kier alpha value is -1.65. The Balaban J connectivity index is 1.87. The second-order valence-corrected chi connectivity index (χ2v) is 5.88. The molecule has 0 amide bonds. The van der Waals surface area contributed by atoms with Gasteiger partial charge >= 0.3 is 0 Å². The number of hydrogen-bond acceptors (Lipinski definition) is 3. The van der Waals surface area contributed by atoms with Gasteiger partial charge in [0.1, 0.15) is 0 Å². The second kappa shape index (κ2) is 4.18. The number of rotatable bonds is 2. The van der Waals surface area contributed by atoms with Crippen LogP contribution in [0.1, 0.15) is 23.2 Å². The molecule has 0 aliphatic heterocycles. The van der Waals surface area contributed by atoms with Crippen molar-refractivity contribution in [2.75, 3.05) is 0 Å². The summed E-state index contributed by atoms with van der Waals surface area (Å²) in [5.74, 6) is 0. The van der Waals surface area contributed by atoms with Crippen LogP contribution < -0.4 is 5.73 Å². The van der Waals surface area contributed by atoms with Crippen LogP contribution in [-0.4, -0.2) is 9.38 Å². The molecule has 2 aromatic heterocycles. The van der Waals surface area contributed by atoms with E-state index in [0.29, 0.717) is 6.54 Å². The molecule has 0 saturated carbocycles. The molecule has 0 bridgehead atoms. The molecule has 0 spiro atoms. The maximum absolute atomic E-state index is 5.66. The Morgan fingerprint density at radius 2 is 2.16 bits per heavy atom. The molecule has 3 nitrogen and oxygen atoms in total. The Kier molecular flexibility index (Phi) is 2.47. The first-order chi connectivity index (χ1) is 9.35. The zero-order valence-corrected chi connectivity index (χ0v) is 11.4. The van der Waals surface area contributed by atoms with Gasteiger partial charge in [-0.1, -0.05) is 12.1 Å². The number of nitrogens with two attached hydrogens (primary N) is 1. The highest BCUT2D eigenvalue weighted by Crippen LogP contribution is 2.30. The molecular weight excluding hydrogens is 254 g/mol. The fraction of sp³-hybridized carbons (Fsp3) is 0.267. The van der Waals surface area contributed by atoms with Crippen molar-refractivity contribution < 1.29 is 0 Å². The van der Waals surface area contributed by atoms with Gasteiger partial charge in [-0.3, -0.25) is 4.40 Å². The third-order valence-electron chi connectivity index (χ3n) is 3.86. The summed E-state index contributed by atoms with van der Waals surface area (Å²) < 4.78 is 2.16. The second-order valence-electron chi connectivity index (χ2n) is 5.05. The number of aryl methyl sites for hydroxylation is 2. The summed E-state index contributed by atoms with van der Waals surface area (Å²) in [5, 5.41) is 2.18. The van der Waals surface area contributed by atoms with E-state index in [9.17, 15) is 0 Å². The number of fused-ring (bicyclic) bond motifs is 2. The summed E-state index contributed by atoms with van der Waals surface area (Å²) in [7, 11) is 0. The van der Waals surface area contributed by atoms with Gasteiger partial charge in [0.2, 0.25) is 0 Å². The largest absolute Gasteiger partial charge is 0.325 e. The van der Waals surface area contributed by atoms with Crippen LogP contribution in [0.4, 0.5) is 0 Å². The van der Waals surface area contributed by atoms with Gasteiger partial charge in [0.15, 0.2) is 4.96 Å². The van der Waals surface area contributed by atoms with Crippen molar-refractivity contribution in [3.8, 4) is 11.3 Å². The monoisotopic (exact) mass is 269 g/mol. The van der Waals surface area contributed by atoms with E-state index in [1.807, 2.05) is 6.20 Å². The Morgan fingerprint density at radius 1 is 1.26 bits per heavy atom. The predicted octanol–water partition coefficient (Wildman–Crippen LogP) is 3.01. The van der Waals surface area contributed by atoms with Crippen LogP contribution in [0.2, 0.25) is 0 Å². The maximum atomic E-state index is 5.66. The Morgan fingerprint density at radius 3 is 3.05 bits per heavy atom. The molecule has 0 radical (unpaired) electrons. The summed E-state index contributed by atoms with van der Waals surface area (Å²) in [4.78, 5) is 5.53. The molecule has 2 N–H and O–H groups in total. The van der Waals surface area contributed by atoms with E-state index in [-0.39, 0.29) is 0 Å². The summed E-state index contributed by atoms with van der Waals surface area (Å²) >= 11 is 1.67. The normalized spacial score (nSPS) is 14.2. The van der Waals surface area contributed by atoms with Gasteiger partial charge in [0.05, 0.1) is 11.4 Å². The molecule has 4 rings (SSSR count). The SMILES string of the molecule is NCc1cn2c(-c3ccc4c(c3)CCC4)csc2n1. The van der Waals surface area contributed by atoms with Crippen LogP contribution in [0.25, 0.3) is 16.2 Å². The van der Waals surface area contributed by atoms with Crippen LogP contribution in [0, 0.1) is 0 Å². The van der Waals surface area contributed by atoms with E-state index < -0.39 is 0 Å². The van der Waals surface area contributed by atoms with Gasteiger partial charge in [-0.25, -0.2) is 4.98 Å².